The SMILES string of the molecule is CCCN(CCOc1ccccc1)C(=O)Cl. The van der Waals surface area contributed by atoms with Gasteiger partial charge in [-0.25, -0.2) is 0 Å². The van der Waals surface area contributed by atoms with E-state index < -0.39 is 5.37 Å². The third-order valence-electron chi connectivity index (χ3n) is 2.12. The molecule has 0 aromatic heterocycles. The predicted molar refractivity (Wildman–Crippen MR) is 65.1 cm³/mol. The van der Waals surface area contributed by atoms with Gasteiger partial charge in [-0.3, -0.25) is 4.79 Å². The highest BCUT2D eigenvalue weighted by Crippen LogP contribution is 2.08. The monoisotopic (exact) mass is 241 g/mol. The summed E-state index contributed by atoms with van der Waals surface area (Å²) in [5, 5.41) is -0.418. The Kier molecular flexibility index (Phi) is 5.72. The van der Waals surface area contributed by atoms with Crippen LogP contribution in [-0.2, 0) is 0 Å². The molecule has 0 spiro atoms. The largest absolute Gasteiger partial charge is 0.492 e. The van der Waals surface area contributed by atoms with Crippen molar-refractivity contribution in [2.24, 2.45) is 0 Å². The third kappa shape index (κ3) is 4.53. The van der Waals surface area contributed by atoms with Crippen LogP contribution in [0.25, 0.3) is 0 Å². The van der Waals surface area contributed by atoms with Crippen LogP contribution in [0.5, 0.6) is 5.75 Å². The molecule has 1 aromatic rings. The van der Waals surface area contributed by atoms with Gasteiger partial charge in [0.1, 0.15) is 12.4 Å². The molecule has 4 heteroatoms. The summed E-state index contributed by atoms with van der Waals surface area (Å²) in [7, 11) is 0. The molecule has 88 valence electrons. The van der Waals surface area contributed by atoms with Crippen molar-refractivity contribution in [1.82, 2.24) is 4.90 Å². The first-order valence-electron chi connectivity index (χ1n) is 5.36. The molecule has 0 atom stereocenters. The second kappa shape index (κ2) is 7.12. The fourth-order valence-corrected chi connectivity index (χ4v) is 1.52. The predicted octanol–water partition coefficient (Wildman–Crippen LogP) is 3.14. The summed E-state index contributed by atoms with van der Waals surface area (Å²) >= 11 is 5.44. The summed E-state index contributed by atoms with van der Waals surface area (Å²) in [6, 6.07) is 9.51. The molecule has 0 radical (unpaired) electrons. The number of hydrogen-bond donors (Lipinski definition) is 0. The van der Waals surface area contributed by atoms with Crippen LogP contribution in [0.2, 0.25) is 0 Å². The van der Waals surface area contributed by atoms with Crippen molar-refractivity contribution in [1.29, 1.82) is 0 Å². The van der Waals surface area contributed by atoms with Gasteiger partial charge < -0.3 is 9.64 Å². The van der Waals surface area contributed by atoms with Gasteiger partial charge in [-0.1, -0.05) is 25.1 Å². The molecule has 1 aromatic carbocycles. The van der Waals surface area contributed by atoms with Gasteiger partial charge in [0.15, 0.2) is 0 Å². The third-order valence-corrected chi connectivity index (χ3v) is 2.35. The molecule has 0 bridgehead atoms. The molecule has 0 saturated carbocycles. The molecular weight excluding hydrogens is 226 g/mol. The summed E-state index contributed by atoms with van der Waals surface area (Å²) < 4.78 is 5.48. The van der Waals surface area contributed by atoms with E-state index in [9.17, 15) is 4.79 Å². The minimum absolute atomic E-state index is 0.418. The molecule has 0 unspecified atom stereocenters. The minimum Gasteiger partial charge on any atom is -0.492 e. The molecule has 0 saturated heterocycles. The second-order valence-corrected chi connectivity index (χ2v) is 3.72. The molecular formula is C12H16ClNO2. The number of para-hydroxylation sites is 1. The van der Waals surface area contributed by atoms with Gasteiger partial charge in [-0.15, -0.1) is 0 Å². The topological polar surface area (TPSA) is 29.5 Å². The van der Waals surface area contributed by atoms with Crippen LogP contribution in [0.15, 0.2) is 30.3 Å². The van der Waals surface area contributed by atoms with E-state index in [0.29, 0.717) is 19.7 Å². The maximum Gasteiger partial charge on any atom is 0.316 e. The van der Waals surface area contributed by atoms with Crippen molar-refractivity contribution in [2.75, 3.05) is 19.7 Å². The number of rotatable bonds is 6. The Balaban J connectivity index is 2.31. The molecule has 0 heterocycles. The van der Waals surface area contributed by atoms with Crippen LogP contribution in [0, 0.1) is 0 Å². The van der Waals surface area contributed by atoms with E-state index in [1.54, 1.807) is 4.90 Å². The average molecular weight is 242 g/mol. The fourth-order valence-electron chi connectivity index (χ4n) is 1.35. The number of hydrogen-bond acceptors (Lipinski definition) is 2. The molecule has 0 N–H and O–H groups in total. The first-order valence-corrected chi connectivity index (χ1v) is 5.74. The smallest absolute Gasteiger partial charge is 0.316 e. The molecule has 16 heavy (non-hydrogen) atoms. The Labute approximate surface area is 101 Å². The van der Waals surface area contributed by atoms with E-state index in [4.69, 9.17) is 16.3 Å². The van der Waals surface area contributed by atoms with Crippen LogP contribution in [0.1, 0.15) is 13.3 Å². The van der Waals surface area contributed by atoms with Crippen molar-refractivity contribution in [2.45, 2.75) is 13.3 Å². The average Bonchev–Trinajstić information content (AvgIpc) is 2.29. The lowest BCUT2D eigenvalue weighted by molar-refractivity contribution is 0.203. The lowest BCUT2D eigenvalue weighted by atomic mass is 10.3. The lowest BCUT2D eigenvalue weighted by Gasteiger charge is -2.18. The lowest BCUT2D eigenvalue weighted by Crippen LogP contribution is -2.31. The van der Waals surface area contributed by atoms with Gasteiger partial charge in [0.25, 0.3) is 0 Å². The summed E-state index contributed by atoms with van der Waals surface area (Å²) in [5.41, 5.74) is 0. The molecule has 0 aliphatic heterocycles. The Morgan fingerprint density at radius 1 is 1.31 bits per heavy atom. The van der Waals surface area contributed by atoms with Crippen molar-refractivity contribution < 1.29 is 9.53 Å². The minimum atomic E-state index is -0.418. The molecule has 0 aliphatic carbocycles. The Hall–Kier alpha value is -1.22. The van der Waals surface area contributed by atoms with E-state index in [2.05, 4.69) is 0 Å². The van der Waals surface area contributed by atoms with E-state index in [0.717, 1.165) is 12.2 Å². The number of ether oxygens (including phenoxy) is 1. The maximum absolute atomic E-state index is 11.0. The second-order valence-electron chi connectivity index (χ2n) is 3.40. The normalized spacial score (nSPS) is 9.88. The Morgan fingerprint density at radius 2 is 2.00 bits per heavy atom. The number of benzene rings is 1. The number of carbonyl (C=O) groups excluding carboxylic acids is 1. The molecule has 0 fully saturated rings. The van der Waals surface area contributed by atoms with Gasteiger partial charge in [0.2, 0.25) is 0 Å². The van der Waals surface area contributed by atoms with E-state index in [1.165, 1.54) is 0 Å². The quantitative estimate of drug-likeness (QED) is 0.566. The number of halogens is 1. The highest BCUT2D eigenvalue weighted by atomic mass is 35.5. The maximum atomic E-state index is 11.0. The van der Waals surface area contributed by atoms with Gasteiger partial charge in [-0.05, 0) is 30.2 Å². The first-order chi connectivity index (χ1) is 7.74. The van der Waals surface area contributed by atoms with Gasteiger partial charge in [-0.2, -0.15) is 0 Å². The molecule has 3 nitrogen and oxygen atoms in total. The van der Waals surface area contributed by atoms with E-state index in [1.807, 2.05) is 37.3 Å². The summed E-state index contributed by atoms with van der Waals surface area (Å²) in [6.45, 7) is 3.65. The Bertz CT molecular complexity index is 316. The summed E-state index contributed by atoms with van der Waals surface area (Å²) in [5.74, 6) is 0.806. The van der Waals surface area contributed by atoms with Gasteiger partial charge in [0.05, 0.1) is 6.54 Å². The number of nitrogens with zero attached hydrogens (tertiary/aromatic N) is 1. The zero-order chi connectivity index (χ0) is 11.8. The van der Waals surface area contributed by atoms with Crippen LogP contribution >= 0.6 is 11.6 Å². The van der Waals surface area contributed by atoms with Crippen LogP contribution in [-0.4, -0.2) is 30.0 Å². The number of carbonyl (C=O) groups is 1. The van der Waals surface area contributed by atoms with Crippen molar-refractivity contribution in [3.8, 4) is 5.75 Å². The highest BCUT2D eigenvalue weighted by Gasteiger charge is 2.08. The fraction of sp³-hybridized carbons (Fsp3) is 0.417. The summed E-state index contributed by atoms with van der Waals surface area (Å²) in [6.07, 6.45) is 0.893. The van der Waals surface area contributed by atoms with Crippen molar-refractivity contribution in [3.63, 3.8) is 0 Å². The summed E-state index contributed by atoms with van der Waals surface area (Å²) in [4.78, 5) is 12.6. The highest BCUT2D eigenvalue weighted by molar-refractivity contribution is 6.62. The Morgan fingerprint density at radius 3 is 2.56 bits per heavy atom. The molecule has 0 aliphatic rings. The van der Waals surface area contributed by atoms with Crippen molar-refractivity contribution >= 4 is 17.0 Å². The van der Waals surface area contributed by atoms with Crippen LogP contribution in [0.4, 0.5) is 4.79 Å². The zero-order valence-corrected chi connectivity index (χ0v) is 10.1. The molecule has 1 amide bonds. The van der Waals surface area contributed by atoms with Crippen molar-refractivity contribution in [3.05, 3.63) is 30.3 Å². The van der Waals surface area contributed by atoms with Crippen LogP contribution in [0.3, 0.4) is 0 Å². The zero-order valence-electron chi connectivity index (χ0n) is 9.36. The number of amides is 1. The van der Waals surface area contributed by atoms with E-state index in [-0.39, 0.29) is 0 Å². The first kappa shape index (κ1) is 12.8. The van der Waals surface area contributed by atoms with Crippen LogP contribution < -0.4 is 4.74 Å². The van der Waals surface area contributed by atoms with E-state index >= 15 is 0 Å². The molecule has 1 rings (SSSR count). The standard InChI is InChI=1S/C12H16ClNO2/c1-2-8-14(12(13)15)9-10-16-11-6-4-3-5-7-11/h3-7H,2,8-10H2,1H3. The van der Waals surface area contributed by atoms with Gasteiger partial charge in [0, 0.05) is 6.54 Å². The van der Waals surface area contributed by atoms with Gasteiger partial charge >= 0.3 is 5.37 Å².